The van der Waals surface area contributed by atoms with Gasteiger partial charge in [0.1, 0.15) is 0 Å². The van der Waals surface area contributed by atoms with Gasteiger partial charge in [0, 0.05) is 6.20 Å². The van der Waals surface area contributed by atoms with Gasteiger partial charge in [0.15, 0.2) is 0 Å². The molecule has 0 aliphatic rings. The van der Waals surface area contributed by atoms with Crippen LogP contribution in [0, 0.1) is 13.8 Å². The van der Waals surface area contributed by atoms with Gasteiger partial charge in [0.05, 0.1) is 32.8 Å². The van der Waals surface area contributed by atoms with Crippen LogP contribution in [0.15, 0.2) is 41.4 Å². The number of rotatable bonds is 3. The van der Waals surface area contributed by atoms with E-state index in [0.717, 1.165) is 16.8 Å². The Bertz CT molecular complexity index is 596. The molecule has 0 fully saturated rings. The maximum atomic E-state index is 12.3. The third-order valence-corrected chi connectivity index (χ3v) is 4.30. The smallest absolute Gasteiger partial charge is 0.0709 e. The highest BCUT2D eigenvalue weighted by atomic mass is 32.2. The van der Waals surface area contributed by atoms with Crippen molar-refractivity contribution in [2.75, 3.05) is 5.73 Å². The number of hydrogen-bond donors (Lipinski definition) is 1. The Hall–Kier alpha value is -1.68. The highest BCUT2D eigenvalue weighted by Crippen LogP contribution is 2.22. The van der Waals surface area contributed by atoms with Crippen molar-refractivity contribution < 1.29 is 4.21 Å². The minimum atomic E-state index is -1.15. The van der Waals surface area contributed by atoms with E-state index < -0.39 is 10.8 Å². The molecule has 0 aliphatic heterocycles. The van der Waals surface area contributed by atoms with Gasteiger partial charge in [-0.15, -0.1) is 0 Å². The van der Waals surface area contributed by atoms with E-state index in [1.54, 1.807) is 6.20 Å². The van der Waals surface area contributed by atoms with Crippen molar-refractivity contribution in [2.24, 2.45) is 0 Å². The van der Waals surface area contributed by atoms with E-state index in [1.165, 1.54) is 0 Å². The first-order valence-corrected chi connectivity index (χ1v) is 7.05. The molecular formula is C14H16N2OS. The maximum absolute atomic E-state index is 12.3. The standard InChI is InChI=1S/C14H16N2OS/c1-10-6-4-8-16-12(10)9-18(17)13-7-3-5-11(2)14(13)15/h3-8H,9,15H2,1-2H3. The molecule has 2 rings (SSSR count). The van der Waals surface area contributed by atoms with Gasteiger partial charge >= 0.3 is 0 Å². The Labute approximate surface area is 110 Å². The Morgan fingerprint density at radius 3 is 2.61 bits per heavy atom. The van der Waals surface area contributed by atoms with Crippen LogP contribution >= 0.6 is 0 Å². The first kappa shape index (κ1) is 12.8. The van der Waals surface area contributed by atoms with Crippen LogP contribution in [0.1, 0.15) is 16.8 Å². The van der Waals surface area contributed by atoms with E-state index in [0.29, 0.717) is 16.3 Å². The molecule has 1 atom stereocenters. The minimum Gasteiger partial charge on any atom is -0.398 e. The third kappa shape index (κ3) is 2.59. The zero-order chi connectivity index (χ0) is 13.1. The fourth-order valence-electron chi connectivity index (χ4n) is 1.72. The molecule has 0 bridgehead atoms. The summed E-state index contributed by atoms with van der Waals surface area (Å²) >= 11 is 0. The SMILES string of the molecule is Cc1cccnc1CS(=O)c1cccc(C)c1N. The molecule has 2 aromatic rings. The highest BCUT2D eigenvalue weighted by molar-refractivity contribution is 7.84. The van der Waals surface area contributed by atoms with Crippen LogP contribution in [-0.2, 0) is 16.6 Å². The third-order valence-electron chi connectivity index (χ3n) is 2.92. The Kier molecular flexibility index (Phi) is 3.77. The number of aryl methyl sites for hydroxylation is 2. The monoisotopic (exact) mass is 260 g/mol. The van der Waals surface area contributed by atoms with E-state index in [2.05, 4.69) is 4.98 Å². The average molecular weight is 260 g/mol. The summed E-state index contributed by atoms with van der Waals surface area (Å²) in [5, 5.41) is 0. The number of nitrogen functional groups attached to an aromatic ring is 1. The fourth-order valence-corrected chi connectivity index (χ4v) is 3.07. The number of nitrogens with zero attached hydrogens (tertiary/aromatic N) is 1. The van der Waals surface area contributed by atoms with Crippen LogP contribution in [0.3, 0.4) is 0 Å². The Morgan fingerprint density at radius 1 is 1.17 bits per heavy atom. The Morgan fingerprint density at radius 2 is 1.89 bits per heavy atom. The molecule has 1 unspecified atom stereocenters. The molecule has 1 heterocycles. The molecule has 0 aliphatic carbocycles. The van der Waals surface area contributed by atoms with E-state index in [9.17, 15) is 4.21 Å². The zero-order valence-electron chi connectivity index (χ0n) is 10.5. The Balaban J connectivity index is 2.28. The number of nitrogens with two attached hydrogens (primary N) is 1. The summed E-state index contributed by atoms with van der Waals surface area (Å²) in [4.78, 5) is 4.96. The molecule has 3 nitrogen and oxygen atoms in total. The van der Waals surface area contributed by atoms with Gasteiger partial charge in [-0.05, 0) is 37.1 Å². The number of benzene rings is 1. The van der Waals surface area contributed by atoms with Crippen molar-refractivity contribution in [3.8, 4) is 0 Å². The van der Waals surface area contributed by atoms with Gasteiger partial charge in [-0.2, -0.15) is 0 Å². The lowest BCUT2D eigenvalue weighted by atomic mass is 10.2. The van der Waals surface area contributed by atoms with Gasteiger partial charge in [-0.1, -0.05) is 18.2 Å². The number of pyridine rings is 1. The molecule has 0 radical (unpaired) electrons. The molecule has 2 N–H and O–H groups in total. The van der Waals surface area contributed by atoms with Crippen LogP contribution in [-0.4, -0.2) is 9.19 Å². The van der Waals surface area contributed by atoms with Gasteiger partial charge in [0.2, 0.25) is 0 Å². The number of anilines is 1. The summed E-state index contributed by atoms with van der Waals surface area (Å²) in [5.41, 5.74) is 9.44. The number of aromatic nitrogens is 1. The van der Waals surface area contributed by atoms with E-state index in [-0.39, 0.29) is 0 Å². The summed E-state index contributed by atoms with van der Waals surface area (Å²) in [5.74, 6) is 0.403. The summed E-state index contributed by atoms with van der Waals surface area (Å²) < 4.78 is 12.3. The van der Waals surface area contributed by atoms with Crippen LogP contribution in [0.2, 0.25) is 0 Å². The van der Waals surface area contributed by atoms with Crippen LogP contribution in [0.5, 0.6) is 0 Å². The first-order chi connectivity index (χ1) is 8.59. The van der Waals surface area contributed by atoms with Crippen LogP contribution < -0.4 is 5.73 Å². The van der Waals surface area contributed by atoms with Crippen molar-refractivity contribution in [1.29, 1.82) is 0 Å². The summed E-state index contributed by atoms with van der Waals surface area (Å²) in [6.07, 6.45) is 1.72. The molecule has 94 valence electrons. The molecule has 1 aromatic heterocycles. The largest absolute Gasteiger partial charge is 0.398 e. The lowest BCUT2D eigenvalue weighted by Gasteiger charge is -2.09. The van der Waals surface area contributed by atoms with Crippen LogP contribution in [0.4, 0.5) is 5.69 Å². The molecule has 0 spiro atoms. The van der Waals surface area contributed by atoms with Crippen LogP contribution in [0.25, 0.3) is 0 Å². The molecule has 1 aromatic carbocycles. The average Bonchev–Trinajstić information content (AvgIpc) is 2.35. The van der Waals surface area contributed by atoms with Gasteiger partial charge in [0.25, 0.3) is 0 Å². The lowest BCUT2D eigenvalue weighted by molar-refractivity contribution is 0.682. The second kappa shape index (κ2) is 5.31. The number of para-hydroxylation sites is 1. The van der Waals surface area contributed by atoms with Crippen molar-refractivity contribution in [3.63, 3.8) is 0 Å². The zero-order valence-corrected chi connectivity index (χ0v) is 11.3. The van der Waals surface area contributed by atoms with E-state index in [1.807, 2.05) is 44.2 Å². The first-order valence-electron chi connectivity index (χ1n) is 5.73. The van der Waals surface area contributed by atoms with Gasteiger partial charge in [-0.3, -0.25) is 9.19 Å². The van der Waals surface area contributed by atoms with Gasteiger partial charge in [-0.25, -0.2) is 0 Å². The molecular weight excluding hydrogens is 244 g/mol. The van der Waals surface area contributed by atoms with Gasteiger partial charge < -0.3 is 5.73 Å². The predicted molar refractivity (Wildman–Crippen MR) is 74.7 cm³/mol. The molecule has 18 heavy (non-hydrogen) atoms. The second-order valence-electron chi connectivity index (χ2n) is 4.24. The quantitative estimate of drug-likeness (QED) is 0.863. The normalized spacial score (nSPS) is 12.3. The molecule has 0 saturated carbocycles. The second-order valence-corrected chi connectivity index (χ2v) is 5.66. The van der Waals surface area contributed by atoms with Crippen molar-refractivity contribution in [2.45, 2.75) is 24.5 Å². The van der Waals surface area contributed by atoms with E-state index in [4.69, 9.17) is 5.73 Å². The van der Waals surface area contributed by atoms with Crippen molar-refractivity contribution in [3.05, 3.63) is 53.3 Å². The molecule has 4 heteroatoms. The minimum absolute atomic E-state index is 0.403. The fraction of sp³-hybridized carbons (Fsp3) is 0.214. The number of hydrogen-bond acceptors (Lipinski definition) is 3. The van der Waals surface area contributed by atoms with E-state index >= 15 is 0 Å². The summed E-state index contributed by atoms with van der Waals surface area (Å²) in [7, 11) is -1.15. The maximum Gasteiger partial charge on any atom is 0.0709 e. The topological polar surface area (TPSA) is 56.0 Å². The summed E-state index contributed by atoms with van der Waals surface area (Å²) in [6.45, 7) is 3.89. The predicted octanol–water partition coefficient (Wildman–Crippen LogP) is 2.59. The molecule has 0 saturated heterocycles. The highest BCUT2D eigenvalue weighted by Gasteiger charge is 2.11. The lowest BCUT2D eigenvalue weighted by Crippen LogP contribution is -2.04. The molecule has 0 amide bonds. The summed E-state index contributed by atoms with van der Waals surface area (Å²) in [6, 6.07) is 9.46. The van der Waals surface area contributed by atoms with Crippen molar-refractivity contribution >= 4 is 16.5 Å². The van der Waals surface area contributed by atoms with Crippen molar-refractivity contribution in [1.82, 2.24) is 4.98 Å².